The maximum atomic E-state index is 2.24. The topological polar surface area (TPSA) is 0 Å². The lowest BCUT2D eigenvalue weighted by Gasteiger charge is -2.00. The summed E-state index contributed by atoms with van der Waals surface area (Å²) in [6, 6.07) is 38.5. The van der Waals surface area contributed by atoms with Crippen LogP contribution in [-0.2, 0) is 0 Å². The maximum absolute atomic E-state index is 2.24. The Hall–Kier alpha value is -3.16. The van der Waals surface area contributed by atoms with Crippen molar-refractivity contribution in [3.8, 4) is 0 Å². The molecule has 6 aromatic rings. The normalized spacial score (nSPS) is 11.0. The van der Waals surface area contributed by atoms with Gasteiger partial charge in [0, 0.05) is 20.2 Å². The molecule has 0 unspecified atom stereocenters. The van der Waals surface area contributed by atoms with E-state index in [9.17, 15) is 0 Å². The van der Waals surface area contributed by atoms with Gasteiger partial charge < -0.3 is 0 Å². The van der Waals surface area contributed by atoms with Gasteiger partial charge in [0.2, 0.25) is 0 Å². The Balaban J connectivity index is 0.000000119. The van der Waals surface area contributed by atoms with Crippen LogP contribution < -0.4 is 0 Å². The predicted molar refractivity (Wildman–Crippen MR) is 121 cm³/mol. The van der Waals surface area contributed by atoms with E-state index in [0.717, 1.165) is 0 Å². The molecule has 0 saturated carbocycles. The van der Waals surface area contributed by atoms with Gasteiger partial charge in [-0.15, -0.1) is 11.3 Å². The summed E-state index contributed by atoms with van der Waals surface area (Å²) >= 11 is 1.86. The number of hydrogen-bond donors (Lipinski definition) is 0. The summed E-state index contributed by atoms with van der Waals surface area (Å²) in [7, 11) is 0. The van der Waals surface area contributed by atoms with Gasteiger partial charge in [-0.1, -0.05) is 84.9 Å². The molecule has 1 heteroatoms. The zero-order chi connectivity index (χ0) is 18.1. The van der Waals surface area contributed by atoms with Crippen molar-refractivity contribution in [1.29, 1.82) is 0 Å². The van der Waals surface area contributed by atoms with Crippen molar-refractivity contribution in [2.75, 3.05) is 0 Å². The molecule has 0 amide bonds. The summed E-state index contributed by atoms with van der Waals surface area (Å²) in [5, 5.41) is 8.00. The highest BCUT2D eigenvalue weighted by atomic mass is 32.1. The average molecular weight is 362 g/mol. The van der Waals surface area contributed by atoms with Gasteiger partial charge in [0.25, 0.3) is 0 Å². The van der Waals surface area contributed by atoms with E-state index in [4.69, 9.17) is 0 Å². The molecule has 128 valence electrons. The molecule has 0 fully saturated rings. The van der Waals surface area contributed by atoms with Crippen LogP contribution in [0.25, 0.3) is 41.7 Å². The third-order valence-electron chi connectivity index (χ3n) is 4.90. The number of rotatable bonds is 0. The molecular formula is C26H18S. The fourth-order valence-electron chi connectivity index (χ4n) is 3.56. The van der Waals surface area contributed by atoms with Gasteiger partial charge >= 0.3 is 0 Å². The van der Waals surface area contributed by atoms with Crippen LogP contribution in [0.5, 0.6) is 0 Å². The molecule has 0 bridgehead atoms. The minimum absolute atomic E-state index is 1.31. The van der Waals surface area contributed by atoms with Crippen LogP contribution in [0.15, 0.2) is 109 Å². The average Bonchev–Trinajstić information content (AvgIpc) is 3.11. The summed E-state index contributed by atoms with van der Waals surface area (Å²) in [6.45, 7) is 0. The van der Waals surface area contributed by atoms with Gasteiger partial charge in [-0.05, 0) is 45.8 Å². The quantitative estimate of drug-likeness (QED) is 0.240. The number of benzene rings is 5. The molecule has 0 saturated heterocycles. The molecule has 0 atom stereocenters. The summed E-state index contributed by atoms with van der Waals surface area (Å²) in [5.74, 6) is 0. The van der Waals surface area contributed by atoms with E-state index >= 15 is 0 Å². The van der Waals surface area contributed by atoms with E-state index in [1.807, 2.05) is 11.3 Å². The zero-order valence-electron chi connectivity index (χ0n) is 14.8. The minimum atomic E-state index is 1.31. The van der Waals surface area contributed by atoms with Crippen molar-refractivity contribution in [3.05, 3.63) is 109 Å². The van der Waals surface area contributed by atoms with Gasteiger partial charge in [-0.2, -0.15) is 0 Å². The summed E-state index contributed by atoms with van der Waals surface area (Å²) < 4.78 is 2.76. The van der Waals surface area contributed by atoms with Gasteiger partial charge in [-0.3, -0.25) is 0 Å². The molecule has 0 nitrogen and oxygen atoms in total. The van der Waals surface area contributed by atoms with Gasteiger partial charge in [0.05, 0.1) is 0 Å². The van der Waals surface area contributed by atoms with Crippen molar-refractivity contribution in [3.63, 3.8) is 0 Å². The van der Waals surface area contributed by atoms with Crippen LogP contribution in [0.4, 0.5) is 0 Å². The summed E-state index contributed by atoms with van der Waals surface area (Å²) in [4.78, 5) is 0. The third-order valence-corrected chi connectivity index (χ3v) is 6.05. The van der Waals surface area contributed by atoms with Gasteiger partial charge in [0.15, 0.2) is 0 Å². The van der Waals surface area contributed by atoms with E-state index < -0.39 is 0 Å². The first-order valence-corrected chi connectivity index (χ1v) is 9.94. The number of hydrogen-bond acceptors (Lipinski definition) is 1. The van der Waals surface area contributed by atoms with Crippen LogP contribution in [-0.4, -0.2) is 0 Å². The second-order valence-electron chi connectivity index (χ2n) is 6.64. The first kappa shape index (κ1) is 16.0. The largest absolute Gasteiger partial charge is 0.135 e. The molecule has 27 heavy (non-hydrogen) atoms. The molecule has 0 spiro atoms. The molecule has 0 aliphatic rings. The first-order chi connectivity index (χ1) is 13.4. The Morgan fingerprint density at radius 3 is 1.11 bits per heavy atom. The Morgan fingerprint density at radius 2 is 0.704 bits per heavy atom. The Kier molecular flexibility index (Phi) is 4.08. The Labute approximate surface area is 162 Å². The van der Waals surface area contributed by atoms with Crippen LogP contribution in [0.1, 0.15) is 0 Å². The smallest absolute Gasteiger partial charge is 0.0355 e. The number of thiophene rings is 1. The highest BCUT2D eigenvalue weighted by Crippen LogP contribution is 2.32. The molecule has 0 radical (unpaired) electrons. The lowest BCUT2D eigenvalue weighted by atomic mass is 10.0. The minimum Gasteiger partial charge on any atom is -0.135 e. The molecule has 0 aliphatic carbocycles. The second kappa shape index (κ2) is 6.86. The molecule has 5 aromatic carbocycles. The molecule has 0 aliphatic heterocycles. The molecule has 6 rings (SSSR count). The second-order valence-corrected chi connectivity index (χ2v) is 7.72. The fraction of sp³-hybridized carbons (Fsp3) is 0. The maximum Gasteiger partial charge on any atom is 0.0355 e. The van der Waals surface area contributed by atoms with Crippen LogP contribution in [0.2, 0.25) is 0 Å². The highest BCUT2D eigenvalue weighted by molar-refractivity contribution is 7.25. The molecule has 0 N–H and O–H groups in total. The third kappa shape index (κ3) is 3.07. The summed E-state index contributed by atoms with van der Waals surface area (Å²) in [6.07, 6.45) is 0. The Bertz CT molecular complexity index is 1220. The van der Waals surface area contributed by atoms with E-state index in [0.29, 0.717) is 0 Å². The zero-order valence-corrected chi connectivity index (χ0v) is 15.6. The van der Waals surface area contributed by atoms with E-state index in [1.165, 1.54) is 41.7 Å². The predicted octanol–water partition coefficient (Wildman–Crippen LogP) is 8.05. The van der Waals surface area contributed by atoms with Crippen molar-refractivity contribution >= 4 is 53.1 Å². The van der Waals surface area contributed by atoms with Crippen molar-refractivity contribution in [2.24, 2.45) is 0 Å². The lowest BCUT2D eigenvalue weighted by Crippen LogP contribution is -1.74. The van der Waals surface area contributed by atoms with Crippen molar-refractivity contribution < 1.29 is 0 Å². The lowest BCUT2D eigenvalue weighted by molar-refractivity contribution is 1.76. The van der Waals surface area contributed by atoms with E-state index in [1.54, 1.807) is 0 Å². The molecule has 1 aromatic heterocycles. The van der Waals surface area contributed by atoms with Gasteiger partial charge in [0.1, 0.15) is 0 Å². The van der Waals surface area contributed by atoms with Gasteiger partial charge in [-0.25, -0.2) is 0 Å². The first-order valence-electron chi connectivity index (χ1n) is 9.12. The fourth-order valence-corrected chi connectivity index (χ4v) is 4.66. The highest BCUT2D eigenvalue weighted by Gasteiger charge is 2.01. The van der Waals surface area contributed by atoms with Crippen LogP contribution in [0.3, 0.4) is 0 Å². The Morgan fingerprint density at radius 1 is 0.370 bits per heavy atom. The van der Waals surface area contributed by atoms with E-state index in [-0.39, 0.29) is 0 Å². The van der Waals surface area contributed by atoms with Crippen molar-refractivity contribution in [2.45, 2.75) is 0 Å². The van der Waals surface area contributed by atoms with Crippen LogP contribution in [0, 0.1) is 0 Å². The molecular weight excluding hydrogens is 344 g/mol. The molecule has 1 heterocycles. The van der Waals surface area contributed by atoms with Crippen molar-refractivity contribution in [1.82, 2.24) is 0 Å². The standard InChI is InChI=1S/C14H10.C12H8S/c1-2-6-12-10-14-8-4-3-7-13(14)9-11(12)5-1;1-3-7-11-9(5-1)10-6-2-4-8-12(10)13-11/h1-10H;1-8H. The van der Waals surface area contributed by atoms with E-state index in [2.05, 4.69) is 109 Å². The monoisotopic (exact) mass is 362 g/mol. The number of fused-ring (bicyclic) bond motifs is 5. The SMILES string of the molecule is c1ccc2c(c1)sc1ccccc12.c1ccc2cc3ccccc3cc2c1. The van der Waals surface area contributed by atoms with Crippen LogP contribution >= 0.6 is 11.3 Å². The summed E-state index contributed by atoms with van der Waals surface area (Å²) in [5.41, 5.74) is 0.